The van der Waals surface area contributed by atoms with Crippen molar-refractivity contribution in [3.8, 4) is 5.75 Å². The third-order valence-corrected chi connectivity index (χ3v) is 2.91. The number of aliphatic hydroxyl groups excluding tert-OH is 2. The second-order valence-corrected chi connectivity index (χ2v) is 6.30. The van der Waals surface area contributed by atoms with Gasteiger partial charge in [0.25, 0.3) is 0 Å². The zero-order valence-electron chi connectivity index (χ0n) is 12.8. The van der Waals surface area contributed by atoms with Crippen molar-refractivity contribution < 1.29 is 14.9 Å². The molecule has 0 spiro atoms. The molecule has 0 amide bonds. The van der Waals surface area contributed by atoms with Crippen LogP contribution in [0.15, 0.2) is 24.3 Å². The quantitative estimate of drug-likeness (QED) is 0.724. The second-order valence-electron chi connectivity index (χ2n) is 5.86. The van der Waals surface area contributed by atoms with E-state index in [1.807, 2.05) is 20.8 Å². The summed E-state index contributed by atoms with van der Waals surface area (Å²) in [7, 11) is 0. The molecule has 0 radical (unpaired) electrons. The summed E-state index contributed by atoms with van der Waals surface area (Å²) in [5, 5.41) is 22.6. The highest BCUT2D eigenvalue weighted by Crippen LogP contribution is 2.24. The Balaban J connectivity index is 2.60. The topological polar surface area (TPSA) is 61.7 Å². The number of benzene rings is 1. The molecule has 0 aliphatic carbocycles. The first-order chi connectivity index (χ1) is 9.81. The Morgan fingerprint density at radius 3 is 2.71 bits per heavy atom. The first-order valence-corrected chi connectivity index (χ1v) is 7.32. The van der Waals surface area contributed by atoms with E-state index >= 15 is 0 Å². The highest BCUT2D eigenvalue weighted by Gasteiger charge is 2.13. The van der Waals surface area contributed by atoms with Crippen molar-refractivity contribution >= 4 is 17.7 Å². The number of hydrogen-bond acceptors (Lipinski definition) is 4. The van der Waals surface area contributed by atoms with Crippen LogP contribution < -0.4 is 10.1 Å². The molecule has 1 aromatic carbocycles. The predicted molar refractivity (Wildman–Crippen MR) is 86.8 cm³/mol. The monoisotopic (exact) mass is 313 g/mol. The largest absolute Gasteiger partial charge is 0.490 e. The summed E-state index contributed by atoms with van der Waals surface area (Å²) in [5.74, 6) is 0.624. The minimum atomic E-state index is -0.602. The van der Waals surface area contributed by atoms with Gasteiger partial charge >= 0.3 is 0 Å². The standard InChI is InChI=1S/C16H24ClNO3/c1-16(2,3)18-10-14(20)11-21-15-7-6-13(17)9-12(15)5-4-8-19/h4-7,9,14,18-20H,8,10-11H2,1-3H3/b5-4+. The SMILES string of the molecule is CC(C)(C)NCC(O)COc1ccc(Cl)cc1/C=C/CO. The van der Waals surface area contributed by atoms with Gasteiger partial charge in [0.15, 0.2) is 0 Å². The molecule has 0 aromatic heterocycles. The summed E-state index contributed by atoms with van der Waals surface area (Å²) < 4.78 is 5.63. The van der Waals surface area contributed by atoms with Crippen LogP contribution in [0, 0.1) is 0 Å². The van der Waals surface area contributed by atoms with Gasteiger partial charge in [0.2, 0.25) is 0 Å². The van der Waals surface area contributed by atoms with Crippen LogP contribution in [-0.2, 0) is 0 Å². The van der Waals surface area contributed by atoms with Gasteiger partial charge in [-0.05, 0) is 39.0 Å². The van der Waals surface area contributed by atoms with Crippen LogP contribution in [0.25, 0.3) is 6.08 Å². The predicted octanol–water partition coefficient (Wildman–Crippen LogP) is 2.47. The molecule has 1 rings (SSSR count). The van der Waals surface area contributed by atoms with E-state index < -0.39 is 6.10 Å². The molecule has 0 fully saturated rings. The molecular weight excluding hydrogens is 290 g/mol. The highest BCUT2D eigenvalue weighted by molar-refractivity contribution is 6.30. The lowest BCUT2D eigenvalue weighted by molar-refractivity contribution is 0.0999. The van der Waals surface area contributed by atoms with Gasteiger partial charge in [0.1, 0.15) is 18.5 Å². The highest BCUT2D eigenvalue weighted by atomic mass is 35.5. The fraction of sp³-hybridized carbons (Fsp3) is 0.500. The molecule has 0 heterocycles. The molecule has 1 aromatic rings. The fourth-order valence-corrected chi connectivity index (χ4v) is 1.81. The molecule has 21 heavy (non-hydrogen) atoms. The third-order valence-electron chi connectivity index (χ3n) is 2.67. The van der Waals surface area contributed by atoms with Crippen molar-refractivity contribution in [1.29, 1.82) is 0 Å². The Labute approximate surface area is 131 Å². The van der Waals surface area contributed by atoms with E-state index in [-0.39, 0.29) is 18.8 Å². The van der Waals surface area contributed by atoms with Crippen LogP contribution in [0.4, 0.5) is 0 Å². The normalized spacial score (nSPS) is 13.6. The van der Waals surface area contributed by atoms with E-state index in [0.29, 0.717) is 17.3 Å². The maximum absolute atomic E-state index is 9.92. The average molecular weight is 314 g/mol. The maximum atomic E-state index is 9.92. The van der Waals surface area contributed by atoms with E-state index in [1.165, 1.54) is 0 Å². The molecule has 3 N–H and O–H groups in total. The summed E-state index contributed by atoms with van der Waals surface area (Å²) in [6.07, 6.45) is 2.74. The van der Waals surface area contributed by atoms with Crippen molar-refractivity contribution in [1.82, 2.24) is 5.32 Å². The lowest BCUT2D eigenvalue weighted by Crippen LogP contribution is -2.42. The van der Waals surface area contributed by atoms with Gasteiger partial charge in [-0.3, -0.25) is 0 Å². The van der Waals surface area contributed by atoms with Gasteiger partial charge in [0.05, 0.1) is 6.61 Å². The Kier molecular flexibility index (Phi) is 7.18. The molecular formula is C16H24ClNO3. The number of nitrogens with one attached hydrogen (secondary N) is 1. The molecule has 0 aliphatic heterocycles. The van der Waals surface area contributed by atoms with Crippen molar-refractivity contribution in [3.63, 3.8) is 0 Å². The molecule has 0 aliphatic rings. The number of rotatable bonds is 7. The van der Waals surface area contributed by atoms with Gasteiger partial charge in [-0.1, -0.05) is 23.8 Å². The van der Waals surface area contributed by atoms with E-state index in [4.69, 9.17) is 21.4 Å². The smallest absolute Gasteiger partial charge is 0.126 e. The average Bonchev–Trinajstić information content (AvgIpc) is 2.41. The minimum Gasteiger partial charge on any atom is -0.490 e. The summed E-state index contributed by atoms with van der Waals surface area (Å²) in [6, 6.07) is 5.24. The van der Waals surface area contributed by atoms with Crippen molar-refractivity contribution in [2.24, 2.45) is 0 Å². The summed E-state index contributed by atoms with van der Waals surface area (Å²) in [6.45, 7) is 6.71. The Morgan fingerprint density at radius 2 is 2.10 bits per heavy atom. The fourth-order valence-electron chi connectivity index (χ4n) is 1.63. The minimum absolute atomic E-state index is 0.0454. The zero-order valence-corrected chi connectivity index (χ0v) is 13.5. The van der Waals surface area contributed by atoms with Gasteiger partial charge in [-0.15, -0.1) is 0 Å². The van der Waals surface area contributed by atoms with Gasteiger partial charge in [-0.25, -0.2) is 0 Å². The van der Waals surface area contributed by atoms with Crippen LogP contribution in [0.2, 0.25) is 5.02 Å². The molecule has 118 valence electrons. The Hall–Kier alpha value is -1.07. The number of hydrogen-bond donors (Lipinski definition) is 3. The molecule has 0 saturated heterocycles. The first kappa shape index (κ1) is 18.0. The van der Waals surface area contributed by atoms with Gasteiger partial charge in [0, 0.05) is 22.7 Å². The molecule has 0 bridgehead atoms. The van der Waals surface area contributed by atoms with E-state index in [9.17, 15) is 5.11 Å². The van der Waals surface area contributed by atoms with Crippen molar-refractivity contribution in [2.45, 2.75) is 32.4 Å². The zero-order chi connectivity index (χ0) is 15.9. The number of β-amino-alcohol motifs (C(OH)–C–C–N with tert-alkyl or cyclic N) is 1. The second kappa shape index (κ2) is 8.39. The Morgan fingerprint density at radius 1 is 1.38 bits per heavy atom. The summed E-state index contributed by atoms with van der Waals surface area (Å²) in [4.78, 5) is 0. The van der Waals surface area contributed by atoms with Crippen LogP contribution >= 0.6 is 11.6 Å². The van der Waals surface area contributed by atoms with Crippen molar-refractivity contribution in [2.75, 3.05) is 19.8 Å². The lowest BCUT2D eigenvalue weighted by atomic mass is 10.1. The molecule has 1 unspecified atom stereocenters. The van der Waals surface area contributed by atoms with Crippen LogP contribution in [0.3, 0.4) is 0 Å². The van der Waals surface area contributed by atoms with E-state index in [1.54, 1.807) is 30.4 Å². The number of halogens is 1. The van der Waals surface area contributed by atoms with Gasteiger partial charge in [-0.2, -0.15) is 0 Å². The summed E-state index contributed by atoms with van der Waals surface area (Å²) >= 11 is 5.95. The van der Waals surface area contributed by atoms with E-state index in [2.05, 4.69) is 5.32 Å². The first-order valence-electron chi connectivity index (χ1n) is 6.94. The molecule has 0 saturated carbocycles. The molecule has 5 heteroatoms. The molecule has 4 nitrogen and oxygen atoms in total. The number of ether oxygens (including phenoxy) is 1. The van der Waals surface area contributed by atoms with E-state index in [0.717, 1.165) is 5.56 Å². The Bertz CT molecular complexity index is 469. The summed E-state index contributed by atoms with van der Waals surface area (Å²) in [5.41, 5.74) is 0.726. The van der Waals surface area contributed by atoms with Crippen molar-refractivity contribution in [3.05, 3.63) is 34.9 Å². The maximum Gasteiger partial charge on any atom is 0.126 e. The lowest BCUT2D eigenvalue weighted by Gasteiger charge is -2.23. The molecule has 1 atom stereocenters. The van der Waals surface area contributed by atoms with Crippen LogP contribution in [0.5, 0.6) is 5.75 Å². The van der Waals surface area contributed by atoms with Crippen LogP contribution in [0.1, 0.15) is 26.3 Å². The van der Waals surface area contributed by atoms with Gasteiger partial charge < -0.3 is 20.3 Å². The number of aliphatic hydroxyl groups is 2. The van der Waals surface area contributed by atoms with Crippen LogP contribution in [-0.4, -0.2) is 41.6 Å². The third kappa shape index (κ3) is 7.48.